The van der Waals surface area contributed by atoms with E-state index in [1.165, 1.54) is 6.07 Å². The molecule has 0 radical (unpaired) electrons. The van der Waals surface area contributed by atoms with Crippen molar-refractivity contribution in [2.45, 2.75) is 6.42 Å². The van der Waals surface area contributed by atoms with Crippen molar-refractivity contribution < 1.29 is 12.9 Å². The lowest BCUT2D eigenvalue weighted by molar-refractivity contribution is 0.501. The Kier molecular flexibility index (Phi) is 3.63. The Morgan fingerprint density at radius 3 is 2.67 bits per heavy atom. The fourth-order valence-electron chi connectivity index (χ4n) is 1.18. The predicted octanol–water partition coefficient (Wildman–Crippen LogP) is 2.59. The average Bonchev–Trinajstić information content (AvgIpc) is 2.17. The second-order valence-electron chi connectivity index (χ2n) is 3.02. The summed E-state index contributed by atoms with van der Waals surface area (Å²) in [6.45, 7) is -4.78. The van der Waals surface area contributed by atoms with Crippen LogP contribution in [0.3, 0.4) is 0 Å². The standard InChI is InChI=1S/C8H8BF3N3/c10-9(11,12)8-3-1-2-7(6-8)4-5-14-15-13/h1-3,6H,4-5H2/q-1. The number of benzene rings is 1. The third kappa shape index (κ3) is 3.55. The highest BCUT2D eigenvalue weighted by molar-refractivity contribution is 6.73. The van der Waals surface area contributed by atoms with E-state index >= 15 is 0 Å². The van der Waals surface area contributed by atoms with Gasteiger partial charge in [0.25, 0.3) is 0 Å². The molecule has 0 unspecified atom stereocenters. The third-order valence-corrected chi connectivity index (χ3v) is 1.89. The molecule has 0 aliphatic rings. The van der Waals surface area contributed by atoms with E-state index in [2.05, 4.69) is 10.0 Å². The Morgan fingerprint density at radius 2 is 2.07 bits per heavy atom. The summed E-state index contributed by atoms with van der Waals surface area (Å²) >= 11 is 0. The molecule has 1 rings (SSSR count). The first-order valence-electron chi connectivity index (χ1n) is 4.33. The van der Waals surface area contributed by atoms with Crippen LogP contribution in [0.4, 0.5) is 12.9 Å². The lowest BCUT2D eigenvalue weighted by Gasteiger charge is -2.15. The minimum atomic E-state index is -4.95. The third-order valence-electron chi connectivity index (χ3n) is 1.89. The van der Waals surface area contributed by atoms with Crippen LogP contribution in [-0.2, 0) is 6.42 Å². The Hall–Kier alpha value is -1.62. The molecule has 0 saturated heterocycles. The lowest BCUT2D eigenvalue weighted by atomic mass is 9.79. The van der Waals surface area contributed by atoms with Crippen LogP contribution >= 0.6 is 0 Å². The topological polar surface area (TPSA) is 48.8 Å². The first-order chi connectivity index (χ1) is 7.04. The largest absolute Gasteiger partial charge is 0.509 e. The average molecular weight is 214 g/mol. The summed E-state index contributed by atoms with van der Waals surface area (Å²) in [6.07, 6.45) is 0.323. The fourth-order valence-corrected chi connectivity index (χ4v) is 1.18. The monoisotopic (exact) mass is 214 g/mol. The summed E-state index contributed by atoms with van der Waals surface area (Å²) in [5.74, 6) is 0. The molecule has 0 N–H and O–H groups in total. The van der Waals surface area contributed by atoms with E-state index in [9.17, 15) is 12.9 Å². The zero-order valence-electron chi connectivity index (χ0n) is 7.78. The maximum atomic E-state index is 12.3. The fraction of sp³-hybridized carbons (Fsp3) is 0.250. The van der Waals surface area contributed by atoms with Crippen molar-refractivity contribution in [2.24, 2.45) is 5.11 Å². The second-order valence-corrected chi connectivity index (χ2v) is 3.02. The molecule has 0 aromatic heterocycles. The van der Waals surface area contributed by atoms with Gasteiger partial charge in [-0.25, -0.2) is 0 Å². The molecule has 0 amide bonds. The van der Waals surface area contributed by atoms with Crippen LogP contribution < -0.4 is 5.46 Å². The summed E-state index contributed by atoms with van der Waals surface area (Å²) in [7, 11) is 0. The van der Waals surface area contributed by atoms with Gasteiger partial charge in [0.15, 0.2) is 0 Å². The molecular formula is C8H8BF3N3-. The molecular weight excluding hydrogens is 206 g/mol. The molecule has 0 fully saturated rings. The van der Waals surface area contributed by atoms with Crippen LogP contribution in [0.25, 0.3) is 10.4 Å². The molecule has 80 valence electrons. The zero-order chi connectivity index (χ0) is 11.3. The van der Waals surface area contributed by atoms with E-state index in [1.54, 1.807) is 6.07 Å². The van der Waals surface area contributed by atoms with Crippen molar-refractivity contribution in [3.8, 4) is 0 Å². The molecule has 0 atom stereocenters. The molecule has 0 aliphatic heterocycles. The summed E-state index contributed by atoms with van der Waals surface area (Å²) in [5, 5.41) is 3.26. The minimum Gasteiger partial charge on any atom is -0.445 e. The van der Waals surface area contributed by atoms with Crippen LogP contribution in [-0.4, -0.2) is 13.5 Å². The maximum Gasteiger partial charge on any atom is 0.509 e. The van der Waals surface area contributed by atoms with E-state index in [-0.39, 0.29) is 6.54 Å². The van der Waals surface area contributed by atoms with Crippen LogP contribution in [0.1, 0.15) is 5.56 Å². The van der Waals surface area contributed by atoms with Gasteiger partial charge in [-0.05, 0) is 12.0 Å². The number of nitrogens with zero attached hydrogens (tertiary/aromatic N) is 3. The first kappa shape index (κ1) is 11.5. The van der Waals surface area contributed by atoms with E-state index in [0.717, 1.165) is 12.1 Å². The molecule has 0 bridgehead atoms. The van der Waals surface area contributed by atoms with E-state index in [4.69, 9.17) is 5.53 Å². The molecule has 1 aromatic carbocycles. The normalized spacial score (nSPS) is 10.9. The molecule has 3 nitrogen and oxygen atoms in total. The van der Waals surface area contributed by atoms with Crippen molar-refractivity contribution in [1.29, 1.82) is 0 Å². The lowest BCUT2D eigenvalue weighted by Crippen LogP contribution is -2.34. The van der Waals surface area contributed by atoms with Gasteiger partial charge < -0.3 is 12.9 Å². The minimum absolute atomic E-state index is 0.171. The van der Waals surface area contributed by atoms with Crippen LogP contribution in [0.5, 0.6) is 0 Å². The van der Waals surface area contributed by atoms with Gasteiger partial charge in [0.1, 0.15) is 0 Å². The van der Waals surface area contributed by atoms with E-state index < -0.39 is 12.4 Å². The first-order valence-corrected chi connectivity index (χ1v) is 4.33. The summed E-state index contributed by atoms with van der Waals surface area (Å²) in [6, 6.07) is 5.07. The quantitative estimate of drug-likeness (QED) is 0.320. The summed E-state index contributed by atoms with van der Waals surface area (Å²) in [5.41, 5.74) is 7.92. The summed E-state index contributed by atoms with van der Waals surface area (Å²) in [4.78, 5) is 2.53. The smallest absolute Gasteiger partial charge is 0.445 e. The van der Waals surface area contributed by atoms with Crippen molar-refractivity contribution in [3.63, 3.8) is 0 Å². The molecule has 0 saturated carbocycles. The van der Waals surface area contributed by atoms with Crippen LogP contribution in [0.15, 0.2) is 29.4 Å². The second kappa shape index (κ2) is 4.75. The van der Waals surface area contributed by atoms with Crippen molar-refractivity contribution in [3.05, 3.63) is 40.3 Å². The van der Waals surface area contributed by atoms with Gasteiger partial charge in [0.05, 0.1) is 0 Å². The van der Waals surface area contributed by atoms with Gasteiger partial charge >= 0.3 is 6.98 Å². The van der Waals surface area contributed by atoms with Gasteiger partial charge in [0.2, 0.25) is 0 Å². The number of hydrogen-bond donors (Lipinski definition) is 0. The van der Waals surface area contributed by atoms with Crippen molar-refractivity contribution in [1.82, 2.24) is 0 Å². The van der Waals surface area contributed by atoms with Gasteiger partial charge in [-0.15, -0.1) is 5.46 Å². The highest BCUT2D eigenvalue weighted by atomic mass is 19.4. The molecule has 7 heteroatoms. The van der Waals surface area contributed by atoms with Crippen molar-refractivity contribution >= 4 is 12.4 Å². The highest BCUT2D eigenvalue weighted by Crippen LogP contribution is 2.10. The number of halogens is 3. The van der Waals surface area contributed by atoms with Crippen LogP contribution in [0.2, 0.25) is 0 Å². The maximum absolute atomic E-state index is 12.3. The molecule has 15 heavy (non-hydrogen) atoms. The van der Waals surface area contributed by atoms with Gasteiger partial charge in [-0.3, -0.25) is 0 Å². The predicted molar refractivity (Wildman–Crippen MR) is 52.9 cm³/mol. The molecule has 0 spiro atoms. The highest BCUT2D eigenvalue weighted by Gasteiger charge is 2.25. The zero-order valence-corrected chi connectivity index (χ0v) is 7.78. The van der Waals surface area contributed by atoms with E-state index in [1.807, 2.05) is 0 Å². The number of hydrogen-bond acceptors (Lipinski definition) is 1. The van der Waals surface area contributed by atoms with Crippen molar-refractivity contribution in [2.75, 3.05) is 6.54 Å². The van der Waals surface area contributed by atoms with E-state index in [0.29, 0.717) is 12.0 Å². The molecule has 0 aliphatic carbocycles. The molecule has 0 heterocycles. The number of rotatable bonds is 4. The van der Waals surface area contributed by atoms with Gasteiger partial charge in [-0.2, -0.15) is 0 Å². The Bertz CT molecular complexity index is 385. The van der Waals surface area contributed by atoms with Gasteiger partial charge in [-0.1, -0.05) is 34.9 Å². The van der Waals surface area contributed by atoms with Gasteiger partial charge in [0, 0.05) is 11.5 Å². The Labute approximate surface area is 84.6 Å². The summed E-state index contributed by atoms with van der Waals surface area (Å²) < 4.78 is 37.0. The van der Waals surface area contributed by atoms with Crippen LogP contribution in [0, 0.1) is 0 Å². The molecule has 1 aromatic rings. The Morgan fingerprint density at radius 1 is 1.33 bits per heavy atom. The SMILES string of the molecule is [N-]=[N+]=NCCc1cccc([B-](F)(F)F)c1. The number of azide groups is 1. The Balaban J connectivity index is 2.79.